The number of carbonyl (C=O) groups excluding carboxylic acids is 1. The first-order valence-electron chi connectivity index (χ1n) is 6.79. The molecule has 0 aromatic carbocycles. The molecule has 0 radical (unpaired) electrons. The first-order chi connectivity index (χ1) is 10.6. The van der Waals surface area contributed by atoms with Crippen LogP contribution in [-0.2, 0) is 19.8 Å². The fraction of sp³-hybridized carbons (Fsp3) is 0.462. The number of rotatable bonds is 4. The molecule has 1 amide bonds. The Hall–Kier alpha value is -2.03. The van der Waals surface area contributed by atoms with Gasteiger partial charge in [-0.25, -0.2) is 0 Å². The summed E-state index contributed by atoms with van der Waals surface area (Å²) in [6.07, 6.45) is -2.95. The van der Waals surface area contributed by atoms with Crippen LogP contribution in [0.2, 0.25) is 5.02 Å². The summed E-state index contributed by atoms with van der Waals surface area (Å²) in [4.78, 5) is 12.1. The van der Waals surface area contributed by atoms with Crippen molar-refractivity contribution in [3.05, 3.63) is 34.4 Å². The number of aryl methyl sites for hydroxylation is 2. The summed E-state index contributed by atoms with van der Waals surface area (Å²) in [7, 11) is 1.08. The average molecular weight is 350 g/mol. The van der Waals surface area contributed by atoms with Crippen molar-refractivity contribution < 1.29 is 18.0 Å². The molecular weight excluding hydrogens is 335 g/mol. The molecule has 1 atom stereocenters. The van der Waals surface area contributed by atoms with E-state index < -0.39 is 34.5 Å². The number of amides is 1. The molecular formula is C13H15ClF3N5O. The summed E-state index contributed by atoms with van der Waals surface area (Å²) in [6.45, 7) is 4.25. The molecule has 0 saturated heterocycles. The molecule has 0 aliphatic carbocycles. The Kier molecular flexibility index (Phi) is 4.69. The lowest BCUT2D eigenvalue weighted by atomic mass is 10.2. The molecule has 0 spiro atoms. The molecule has 10 heteroatoms. The second-order valence-electron chi connectivity index (χ2n) is 4.92. The van der Waals surface area contributed by atoms with E-state index in [2.05, 4.69) is 15.5 Å². The van der Waals surface area contributed by atoms with E-state index in [-0.39, 0.29) is 0 Å². The lowest BCUT2D eigenvalue weighted by Crippen LogP contribution is -2.27. The number of alkyl halides is 3. The fourth-order valence-electron chi connectivity index (χ4n) is 2.07. The zero-order valence-corrected chi connectivity index (χ0v) is 13.4. The maximum atomic E-state index is 12.9. The fourth-order valence-corrected chi connectivity index (χ4v) is 2.43. The highest BCUT2D eigenvalue weighted by molar-refractivity contribution is 6.34. The number of nitrogens with zero attached hydrogens (tertiary/aromatic N) is 4. The van der Waals surface area contributed by atoms with E-state index >= 15 is 0 Å². The van der Waals surface area contributed by atoms with Gasteiger partial charge in [-0.05, 0) is 19.9 Å². The Balaban J connectivity index is 2.21. The number of hydrogen-bond donors (Lipinski definition) is 1. The lowest BCUT2D eigenvalue weighted by molar-refractivity contribution is -0.143. The summed E-state index contributed by atoms with van der Waals surface area (Å²) in [5.41, 5.74) is -1.04. The largest absolute Gasteiger partial charge is 0.434 e. The van der Waals surface area contributed by atoms with E-state index in [1.165, 1.54) is 0 Å². The van der Waals surface area contributed by atoms with Crippen molar-refractivity contribution in [1.82, 2.24) is 24.9 Å². The van der Waals surface area contributed by atoms with Gasteiger partial charge in [0.1, 0.15) is 5.02 Å². The van der Waals surface area contributed by atoms with Crippen LogP contribution in [0.15, 0.2) is 12.3 Å². The summed E-state index contributed by atoms with van der Waals surface area (Å²) < 4.78 is 40.8. The summed E-state index contributed by atoms with van der Waals surface area (Å²) >= 11 is 5.68. The van der Waals surface area contributed by atoms with Gasteiger partial charge in [0.25, 0.3) is 5.91 Å². The quantitative estimate of drug-likeness (QED) is 0.923. The van der Waals surface area contributed by atoms with Crippen molar-refractivity contribution in [2.75, 3.05) is 0 Å². The van der Waals surface area contributed by atoms with Gasteiger partial charge in [-0.2, -0.15) is 23.4 Å². The monoisotopic (exact) mass is 349 g/mol. The van der Waals surface area contributed by atoms with Crippen molar-refractivity contribution in [3.8, 4) is 0 Å². The SMILES string of the molecule is CCn1ccc(C(C)NC(=O)c2nn(C)c(C(F)(F)F)c2Cl)n1. The second kappa shape index (κ2) is 6.23. The van der Waals surface area contributed by atoms with Crippen LogP contribution < -0.4 is 5.32 Å². The predicted molar refractivity (Wildman–Crippen MR) is 77.0 cm³/mol. The Labute approximate surface area is 135 Å². The molecule has 2 aromatic rings. The molecule has 2 aromatic heterocycles. The summed E-state index contributed by atoms with van der Waals surface area (Å²) in [5, 5.41) is 9.62. The van der Waals surface area contributed by atoms with Gasteiger partial charge in [-0.3, -0.25) is 14.2 Å². The Morgan fingerprint density at radius 2 is 2.09 bits per heavy atom. The standard InChI is InChI=1S/C13H15ClF3N5O/c1-4-22-6-5-8(19-22)7(2)18-12(23)10-9(14)11(13(15,16)17)21(3)20-10/h5-7H,4H2,1-3H3,(H,18,23). The molecule has 2 rings (SSSR count). The maximum absolute atomic E-state index is 12.9. The van der Waals surface area contributed by atoms with E-state index in [1.807, 2.05) is 6.92 Å². The molecule has 0 bridgehead atoms. The Bertz CT molecular complexity index is 722. The van der Waals surface area contributed by atoms with E-state index in [1.54, 1.807) is 23.9 Å². The Morgan fingerprint density at radius 3 is 2.57 bits per heavy atom. The minimum Gasteiger partial charge on any atom is -0.342 e. The molecule has 0 fully saturated rings. The number of halogens is 4. The van der Waals surface area contributed by atoms with Crippen molar-refractivity contribution in [2.45, 2.75) is 32.6 Å². The van der Waals surface area contributed by atoms with E-state index in [4.69, 9.17) is 11.6 Å². The van der Waals surface area contributed by atoms with Crippen LogP contribution in [0.3, 0.4) is 0 Å². The lowest BCUT2D eigenvalue weighted by Gasteiger charge is -2.10. The van der Waals surface area contributed by atoms with Gasteiger partial charge in [0, 0.05) is 19.8 Å². The van der Waals surface area contributed by atoms with E-state index in [0.717, 1.165) is 7.05 Å². The third-order valence-electron chi connectivity index (χ3n) is 3.25. The number of nitrogens with one attached hydrogen (secondary N) is 1. The first kappa shape index (κ1) is 17.3. The predicted octanol–water partition coefficient (Wildman–Crippen LogP) is 2.80. The number of hydrogen-bond acceptors (Lipinski definition) is 3. The van der Waals surface area contributed by atoms with Gasteiger partial charge in [0.2, 0.25) is 0 Å². The highest BCUT2D eigenvalue weighted by Crippen LogP contribution is 2.36. The van der Waals surface area contributed by atoms with Crippen LogP contribution in [0.5, 0.6) is 0 Å². The smallest absolute Gasteiger partial charge is 0.342 e. The van der Waals surface area contributed by atoms with Crippen LogP contribution in [0, 0.1) is 0 Å². The molecule has 23 heavy (non-hydrogen) atoms. The molecule has 0 aliphatic rings. The van der Waals surface area contributed by atoms with Gasteiger partial charge in [0.15, 0.2) is 11.4 Å². The third-order valence-corrected chi connectivity index (χ3v) is 3.61. The van der Waals surface area contributed by atoms with Gasteiger partial charge in [0.05, 0.1) is 11.7 Å². The first-order valence-corrected chi connectivity index (χ1v) is 7.16. The van der Waals surface area contributed by atoms with Crippen molar-refractivity contribution in [3.63, 3.8) is 0 Å². The Morgan fingerprint density at radius 1 is 1.43 bits per heavy atom. The van der Waals surface area contributed by atoms with Crippen LogP contribution in [0.25, 0.3) is 0 Å². The van der Waals surface area contributed by atoms with Crippen LogP contribution in [0.4, 0.5) is 13.2 Å². The zero-order chi connectivity index (χ0) is 17.4. The summed E-state index contributed by atoms with van der Waals surface area (Å²) in [5.74, 6) is -0.792. The number of aromatic nitrogens is 4. The van der Waals surface area contributed by atoms with E-state index in [0.29, 0.717) is 16.9 Å². The molecule has 6 nitrogen and oxygen atoms in total. The third kappa shape index (κ3) is 3.49. The minimum absolute atomic E-state index is 0.469. The highest BCUT2D eigenvalue weighted by atomic mass is 35.5. The van der Waals surface area contributed by atoms with Crippen molar-refractivity contribution >= 4 is 17.5 Å². The normalized spacial score (nSPS) is 13.2. The van der Waals surface area contributed by atoms with E-state index in [9.17, 15) is 18.0 Å². The van der Waals surface area contributed by atoms with Gasteiger partial charge in [-0.1, -0.05) is 11.6 Å². The van der Waals surface area contributed by atoms with Crippen molar-refractivity contribution in [1.29, 1.82) is 0 Å². The van der Waals surface area contributed by atoms with Gasteiger partial charge in [-0.15, -0.1) is 0 Å². The van der Waals surface area contributed by atoms with Crippen LogP contribution in [-0.4, -0.2) is 25.5 Å². The molecule has 1 unspecified atom stereocenters. The average Bonchev–Trinajstić information content (AvgIpc) is 3.02. The molecule has 2 heterocycles. The van der Waals surface area contributed by atoms with Crippen LogP contribution >= 0.6 is 11.6 Å². The zero-order valence-electron chi connectivity index (χ0n) is 12.6. The molecule has 1 N–H and O–H groups in total. The van der Waals surface area contributed by atoms with Crippen LogP contribution in [0.1, 0.15) is 41.8 Å². The van der Waals surface area contributed by atoms with Gasteiger partial charge >= 0.3 is 6.18 Å². The topological polar surface area (TPSA) is 64.7 Å². The number of carbonyl (C=O) groups is 1. The molecule has 126 valence electrons. The minimum atomic E-state index is -4.69. The second-order valence-corrected chi connectivity index (χ2v) is 5.30. The highest BCUT2D eigenvalue weighted by Gasteiger charge is 2.40. The summed E-state index contributed by atoms with van der Waals surface area (Å²) in [6, 6.07) is 1.22. The van der Waals surface area contributed by atoms with Crippen molar-refractivity contribution in [2.24, 2.45) is 7.05 Å². The molecule has 0 saturated carbocycles. The molecule has 0 aliphatic heterocycles. The maximum Gasteiger partial charge on any atom is 0.434 e. The van der Waals surface area contributed by atoms with Gasteiger partial charge < -0.3 is 5.32 Å².